The number of carbonyl (C=O) groups excluding carboxylic acids is 1. The largest absolute Gasteiger partial charge is 0.496 e. The van der Waals surface area contributed by atoms with Crippen LogP contribution in [0.4, 0.5) is 10.1 Å². The lowest BCUT2D eigenvalue weighted by molar-refractivity contribution is -0.117. The number of halogens is 1. The van der Waals surface area contributed by atoms with Crippen molar-refractivity contribution in [3.05, 3.63) is 60.2 Å². The molecular weight excluding hydrogens is 334 g/mol. The van der Waals surface area contributed by atoms with Gasteiger partial charge in [-0.1, -0.05) is 29.7 Å². The number of hydrogen-bond donors (Lipinski definition) is 3. The van der Waals surface area contributed by atoms with E-state index in [1.165, 1.54) is 19.2 Å². The van der Waals surface area contributed by atoms with Gasteiger partial charge in [0.2, 0.25) is 5.91 Å². The average molecular weight is 350 g/mol. The summed E-state index contributed by atoms with van der Waals surface area (Å²) in [4.78, 5) is 12.4. The Morgan fingerprint density at radius 3 is 2.69 bits per heavy atom. The molecule has 0 spiro atoms. The molecule has 0 bridgehead atoms. The van der Waals surface area contributed by atoms with E-state index in [9.17, 15) is 9.18 Å². The zero-order valence-corrected chi connectivity index (χ0v) is 14.0. The summed E-state index contributed by atoms with van der Waals surface area (Å²) in [6, 6.07) is 8.31. The standard InChI is InChI=1S/C18H16BFN4O2/c1-26-16-7-15(14(20)6-13(16)11-8-22-23-9-11)24-18(25)17(21)10-2-4-12(19)5-3-10/h2-9,17H,21H2,1H3,(H,22,23)(H,24,25). The van der Waals surface area contributed by atoms with Crippen molar-refractivity contribution in [1.82, 2.24) is 10.2 Å². The Morgan fingerprint density at radius 2 is 2.08 bits per heavy atom. The fourth-order valence-corrected chi connectivity index (χ4v) is 2.51. The zero-order chi connectivity index (χ0) is 18.7. The molecule has 6 nitrogen and oxygen atoms in total. The van der Waals surface area contributed by atoms with Crippen molar-refractivity contribution < 1.29 is 13.9 Å². The molecule has 1 amide bonds. The molecule has 0 saturated heterocycles. The Morgan fingerprint density at radius 1 is 1.35 bits per heavy atom. The number of ether oxygens (including phenoxy) is 1. The van der Waals surface area contributed by atoms with Gasteiger partial charge >= 0.3 is 0 Å². The lowest BCUT2D eigenvalue weighted by Gasteiger charge is -2.15. The van der Waals surface area contributed by atoms with E-state index < -0.39 is 17.8 Å². The Bertz CT molecular complexity index is 914. The van der Waals surface area contributed by atoms with Crippen LogP contribution in [0.25, 0.3) is 11.1 Å². The number of rotatable bonds is 5. The lowest BCUT2D eigenvalue weighted by atomic mass is 9.94. The number of nitrogens with two attached hydrogens (primary N) is 1. The van der Waals surface area contributed by atoms with Gasteiger partial charge < -0.3 is 15.8 Å². The first kappa shape index (κ1) is 17.7. The second kappa shape index (κ2) is 7.41. The van der Waals surface area contributed by atoms with E-state index in [1.54, 1.807) is 36.7 Å². The van der Waals surface area contributed by atoms with E-state index in [0.717, 1.165) is 0 Å². The molecular formula is C18H16BFN4O2. The summed E-state index contributed by atoms with van der Waals surface area (Å²) >= 11 is 0. The van der Waals surface area contributed by atoms with Gasteiger partial charge in [-0.05, 0) is 11.6 Å². The first-order valence-electron chi connectivity index (χ1n) is 7.78. The third-order valence-corrected chi connectivity index (χ3v) is 3.93. The summed E-state index contributed by atoms with van der Waals surface area (Å²) in [5, 5.41) is 9.00. The molecule has 3 aromatic rings. The minimum Gasteiger partial charge on any atom is -0.496 e. The number of aromatic amines is 1. The van der Waals surface area contributed by atoms with Crippen LogP contribution in [0.5, 0.6) is 5.75 Å². The van der Waals surface area contributed by atoms with E-state index in [1.807, 2.05) is 0 Å². The molecule has 1 heterocycles. The van der Waals surface area contributed by atoms with Gasteiger partial charge in [-0.25, -0.2) is 4.39 Å². The minimum absolute atomic E-state index is 0.0232. The van der Waals surface area contributed by atoms with Gasteiger partial charge in [0, 0.05) is 23.4 Å². The number of methoxy groups -OCH3 is 1. The number of nitrogens with zero attached hydrogens (tertiary/aromatic N) is 1. The zero-order valence-electron chi connectivity index (χ0n) is 14.0. The fraction of sp³-hybridized carbons (Fsp3) is 0.111. The Labute approximate surface area is 151 Å². The average Bonchev–Trinajstić information content (AvgIpc) is 3.17. The van der Waals surface area contributed by atoms with Crippen molar-refractivity contribution in [2.75, 3.05) is 12.4 Å². The van der Waals surface area contributed by atoms with Crippen LogP contribution in [-0.4, -0.2) is 31.1 Å². The molecule has 2 radical (unpaired) electrons. The number of aromatic nitrogens is 2. The van der Waals surface area contributed by atoms with Crippen molar-refractivity contribution >= 4 is 24.9 Å². The van der Waals surface area contributed by atoms with Crippen LogP contribution >= 0.6 is 0 Å². The van der Waals surface area contributed by atoms with Crippen LogP contribution in [0, 0.1) is 5.82 Å². The normalized spacial score (nSPS) is 11.8. The summed E-state index contributed by atoms with van der Waals surface area (Å²) in [7, 11) is 7.08. The van der Waals surface area contributed by atoms with E-state index in [-0.39, 0.29) is 5.69 Å². The molecule has 1 atom stereocenters. The van der Waals surface area contributed by atoms with Gasteiger partial charge in [-0.2, -0.15) is 5.10 Å². The molecule has 4 N–H and O–H groups in total. The van der Waals surface area contributed by atoms with E-state index >= 15 is 0 Å². The Balaban J connectivity index is 1.85. The van der Waals surface area contributed by atoms with E-state index in [2.05, 4.69) is 15.5 Å². The molecule has 0 saturated carbocycles. The number of nitrogens with one attached hydrogen (secondary N) is 2. The number of amides is 1. The molecule has 130 valence electrons. The van der Waals surface area contributed by atoms with Crippen LogP contribution < -0.4 is 21.3 Å². The van der Waals surface area contributed by atoms with Crippen molar-refractivity contribution in [1.29, 1.82) is 0 Å². The van der Waals surface area contributed by atoms with Gasteiger partial charge in [-0.15, -0.1) is 0 Å². The van der Waals surface area contributed by atoms with Crippen molar-refractivity contribution in [3.63, 3.8) is 0 Å². The second-order valence-electron chi connectivity index (χ2n) is 5.65. The van der Waals surface area contributed by atoms with Crippen molar-refractivity contribution in [2.45, 2.75) is 6.04 Å². The summed E-state index contributed by atoms with van der Waals surface area (Å²) in [6.45, 7) is 0. The van der Waals surface area contributed by atoms with Crippen LogP contribution in [0.1, 0.15) is 11.6 Å². The number of anilines is 1. The highest BCUT2D eigenvalue weighted by Gasteiger charge is 2.19. The maximum absolute atomic E-state index is 14.5. The quantitative estimate of drug-likeness (QED) is 0.610. The Hall–Kier alpha value is -3.13. The highest BCUT2D eigenvalue weighted by atomic mass is 19.1. The van der Waals surface area contributed by atoms with Gasteiger partial charge in [0.1, 0.15) is 25.5 Å². The third kappa shape index (κ3) is 3.60. The Kier molecular flexibility index (Phi) is 5.04. The first-order valence-corrected chi connectivity index (χ1v) is 7.78. The number of H-pyrrole nitrogens is 1. The van der Waals surface area contributed by atoms with Gasteiger partial charge in [0.25, 0.3) is 0 Å². The van der Waals surface area contributed by atoms with Gasteiger partial charge in [0.05, 0.1) is 19.0 Å². The smallest absolute Gasteiger partial charge is 0.245 e. The molecule has 2 aromatic carbocycles. The number of benzene rings is 2. The van der Waals surface area contributed by atoms with E-state index in [4.69, 9.17) is 18.3 Å². The highest BCUT2D eigenvalue weighted by molar-refractivity contribution is 6.32. The van der Waals surface area contributed by atoms with Crippen LogP contribution in [-0.2, 0) is 4.79 Å². The molecule has 1 unspecified atom stereocenters. The topological polar surface area (TPSA) is 93.0 Å². The summed E-state index contributed by atoms with van der Waals surface area (Å²) in [5.74, 6) is -0.768. The summed E-state index contributed by atoms with van der Waals surface area (Å²) in [5.41, 5.74) is 8.23. The lowest BCUT2D eigenvalue weighted by Crippen LogP contribution is -2.28. The van der Waals surface area contributed by atoms with E-state index in [0.29, 0.717) is 27.9 Å². The SMILES string of the molecule is [B]c1ccc(C(N)C(=O)Nc2cc(OC)c(-c3cn[nH]c3)cc2F)cc1. The van der Waals surface area contributed by atoms with Crippen LogP contribution in [0.2, 0.25) is 0 Å². The first-order chi connectivity index (χ1) is 12.5. The van der Waals surface area contributed by atoms with Crippen molar-refractivity contribution in [3.8, 4) is 16.9 Å². The summed E-state index contributed by atoms with van der Waals surface area (Å²) in [6.07, 6.45) is 3.17. The molecule has 8 heteroatoms. The molecule has 26 heavy (non-hydrogen) atoms. The monoisotopic (exact) mass is 350 g/mol. The highest BCUT2D eigenvalue weighted by Crippen LogP contribution is 2.34. The van der Waals surface area contributed by atoms with Gasteiger partial charge in [-0.3, -0.25) is 9.89 Å². The third-order valence-electron chi connectivity index (χ3n) is 3.93. The van der Waals surface area contributed by atoms with Crippen LogP contribution in [0.15, 0.2) is 48.8 Å². The fourth-order valence-electron chi connectivity index (χ4n) is 2.51. The second-order valence-corrected chi connectivity index (χ2v) is 5.65. The molecule has 3 rings (SSSR count). The summed E-state index contributed by atoms with van der Waals surface area (Å²) < 4.78 is 19.8. The maximum atomic E-state index is 14.5. The molecule has 0 aliphatic carbocycles. The number of hydrogen-bond acceptors (Lipinski definition) is 4. The van der Waals surface area contributed by atoms with Crippen LogP contribution in [0.3, 0.4) is 0 Å². The maximum Gasteiger partial charge on any atom is 0.245 e. The van der Waals surface area contributed by atoms with Crippen molar-refractivity contribution in [2.24, 2.45) is 5.73 Å². The molecule has 0 fully saturated rings. The predicted octanol–water partition coefficient (Wildman–Crippen LogP) is 1.66. The minimum atomic E-state index is -0.963. The predicted molar refractivity (Wildman–Crippen MR) is 97.9 cm³/mol. The molecule has 0 aliphatic heterocycles. The molecule has 1 aromatic heterocycles. The molecule has 0 aliphatic rings. The van der Waals surface area contributed by atoms with Gasteiger partial charge in [0.15, 0.2) is 0 Å². The number of carbonyl (C=O) groups is 1.